The van der Waals surface area contributed by atoms with Gasteiger partial charge >= 0.3 is 0 Å². The Hall–Kier alpha value is -3.09. The molecule has 194 valence electrons. The first-order valence-corrected chi connectivity index (χ1v) is 15.1. The van der Waals surface area contributed by atoms with Crippen molar-refractivity contribution in [3.63, 3.8) is 0 Å². The average Bonchev–Trinajstić information content (AvgIpc) is 3.07. The second-order valence-electron chi connectivity index (χ2n) is 9.06. The summed E-state index contributed by atoms with van der Waals surface area (Å²) in [5, 5.41) is 16.6. The molecule has 0 spiro atoms. The fourth-order valence-corrected chi connectivity index (χ4v) is 6.30. The molecule has 1 aliphatic heterocycles. The number of ether oxygens (including phenoxy) is 1. The van der Waals surface area contributed by atoms with Crippen molar-refractivity contribution in [3.05, 3.63) is 53.1 Å². The minimum absolute atomic E-state index is 0.160. The van der Waals surface area contributed by atoms with E-state index >= 15 is 0 Å². The second-order valence-corrected chi connectivity index (χ2v) is 13.2. The van der Waals surface area contributed by atoms with Crippen molar-refractivity contribution >= 4 is 42.4 Å². The lowest BCUT2D eigenvalue weighted by Crippen LogP contribution is -2.39. The zero-order valence-corrected chi connectivity index (χ0v) is 22.3. The highest BCUT2D eigenvalue weighted by molar-refractivity contribution is 7.92. The molecule has 36 heavy (non-hydrogen) atoms. The van der Waals surface area contributed by atoms with Crippen LogP contribution in [0.2, 0.25) is 0 Å². The number of hydrogen-bond donors (Lipinski definition) is 2. The third-order valence-corrected chi connectivity index (χ3v) is 8.21. The van der Waals surface area contributed by atoms with Crippen LogP contribution in [0.1, 0.15) is 29.7 Å². The van der Waals surface area contributed by atoms with Crippen molar-refractivity contribution in [3.8, 4) is 11.3 Å². The van der Waals surface area contributed by atoms with E-state index in [1.165, 1.54) is 0 Å². The van der Waals surface area contributed by atoms with E-state index in [1.807, 2.05) is 31.2 Å². The van der Waals surface area contributed by atoms with Gasteiger partial charge in [-0.3, -0.25) is 4.31 Å². The molecular weight excluding hydrogens is 506 g/mol. The Morgan fingerprint density at radius 1 is 1.17 bits per heavy atom. The van der Waals surface area contributed by atoms with E-state index in [2.05, 4.69) is 10.5 Å². The SMILES string of the molecule is CN/C(=N\O)c1c(-c2ccc(C)cc2)oc2cc3c(cc12)[C@H](C)O[C@H](CS(C)(=O)=O)CN3S(C)(=O)=O. The van der Waals surface area contributed by atoms with E-state index in [0.29, 0.717) is 33.5 Å². The number of nitrogens with one attached hydrogen (secondary N) is 1. The van der Waals surface area contributed by atoms with Crippen LogP contribution in [0.4, 0.5) is 5.69 Å². The summed E-state index contributed by atoms with van der Waals surface area (Å²) in [6.07, 6.45) is 0.663. The molecule has 0 amide bonds. The quantitative estimate of drug-likeness (QED) is 0.220. The van der Waals surface area contributed by atoms with Crippen molar-refractivity contribution in [2.24, 2.45) is 5.16 Å². The molecule has 0 fully saturated rings. The van der Waals surface area contributed by atoms with Gasteiger partial charge in [0.2, 0.25) is 10.0 Å². The highest BCUT2D eigenvalue weighted by Crippen LogP contribution is 2.42. The van der Waals surface area contributed by atoms with Crippen LogP contribution in [0.15, 0.2) is 46.0 Å². The van der Waals surface area contributed by atoms with Gasteiger partial charge < -0.3 is 19.7 Å². The van der Waals surface area contributed by atoms with Gasteiger partial charge in [0.25, 0.3) is 0 Å². The summed E-state index contributed by atoms with van der Waals surface area (Å²) in [6, 6.07) is 11.0. The molecular formula is C24H29N3O7S2. The Morgan fingerprint density at radius 2 is 1.83 bits per heavy atom. The lowest BCUT2D eigenvalue weighted by molar-refractivity contribution is 0.0193. The van der Waals surface area contributed by atoms with Crippen LogP contribution in [-0.4, -0.2) is 65.8 Å². The monoisotopic (exact) mass is 535 g/mol. The molecule has 1 aromatic heterocycles. The number of sulfone groups is 1. The van der Waals surface area contributed by atoms with Gasteiger partial charge in [-0.2, -0.15) is 0 Å². The summed E-state index contributed by atoms with van der Waals surface area (Å²) in [7, 11) is -5.60. The molecule has 0 saturated heterocycles. The van der Waals surface area contributed by atoms with E-state index < -0.39 is 32.1 Å². The van der Waals surface area contributed by atoms with Crippen LogP contribution >= 0.6 is 0 Å². The molecule has 4 rings (SSSR count). The second kappa shape index (κ2) is 9.41. The number of benzene rings is 2. The number of rotatable bonds is 5. The highest BCUT2D eigenvalue weighted by Gasteiger charge is 2.34. The Bertz CT molecular complexity index is 1540. The van der Waals surface area contributed by atoms with Crippen molar-refractivity contribution in [1.29, 1.82) is 0 Å². The van der Waals surface area contributed by atoms with E-state index in [4.69, 9.17) is 9.15 Å². The molecule has 0 aliphatic carbocycles. The molecule has 2 N–H and O–H groups in total. The van der Waals surface area contributed by atoms with Gasteiger partial charge in [0.1, 0.15) is 21.2 Å². The zero-order valence-electron chi connectivity index (χ0n) is 20.6. The largest absolute Gasteiger partial charge is 0.455 e. The van der Waals surface area contributed by atoms with Gasteiger partial charge in [0, 0.05) is 35.9 Å². The number of fused-ring (bicyclic) bond motifs is 2. The number of anilines is 1. The Kier molecular flexibility index (Phi) is 6.80. The van der Waals surface area contributed by atoms with Crippen LogP contribution in [-0.2, 0) is 24.6 Å². The summed E-state index contributed by atoms with van der Waals surface area (Å²) in [6.45, 7) is 3.55. The molecule has 0 saturated carbocycles. The predicted octanol–water partition coefficient (Wildman–Crippen LogP) is 3.03. The third-order valence-electron chi connectivity index (χ3n) is 6.09. The smallest absolute Gasteiger partial charge is 0.232 e. The number of hydrogen-bond acceptors (Lipinski definition) is 8. The normalized spacial score (nSPS) is 19.2. The summed E-state index contributed by atoms with van der Waals surface area (Å²) in [5.41, 5.74) is 3.56. The molecule has 0 bridgehead atoms. The number of amidine groups is 1. The van der Waals surface area contributed by atoms with Gasteiger partial charge in [-0.1, -0.05) is 35.0 Å². The summed E-state index contributed by atoms with van der Waals surface area (Å²) in [5.74, 6) is 0.292. The van der Waals surface area contributed by atoms with E-state index in [9.17, 15) is 22.0 Å². The minimum Gasteiger partial charge on any atom is -0.455 e. The summed E-state index contributed by atoms with van der Waals surface area (Å²) < 4.78 is 63.0. The van der Waals surface area contributed by atoms with Crippen molar-refractivity contribution in [2.75, 3.05) is 36.2 Å². The van der Waals surface area contributed by atoms with E-state index in [0.717, 1.165) is 27.9 Å². The maximum Gasteiger partial charge on any atom is 0.232 e. The van der Waals surface area contributed by atoms with Crippen molar-refractivity contribution in [2.45, 2.75) is 26.1 Å². The number of oxime groups is 1. The Labute approximate surface area is 210 Å². The van der Waals surface area contributed by atoms with Crippen LogP contribution in [0.5, 0.6) is 0 Å². The number of sulfonamides is 1. The fourth-order valence-electron chi connectivity index (χ4n) is 4.49. The van der Waals surface area contributed by atoms with Gasteiger partial charge in [-0.15, -0.1) is 0 Å². The van der Waals surface area contributed by atoms with Crippen LogP contribution in [0.25, 0.3) is 22.3 Å². The van der Waals surface area contributed by atoms with Crippen LogP contribution in [0, 0.1) is 6.92 Å². The fraction of sp³-hybridized carbons (Fsp3) is 0.375. The van der Waals surface area contributed by atoms with Crippen molar-refractivity contribution in [1.82, 2.24) is 5.32 Å². The summed E-state index contributed by atoms with van der Waals surface area (Å²) >= 11 is 0. The molecule has 10 nitrogen and oxygen atoms in total. The molecule has 2 heterocycles. The number of nitrogens with zero attached hydrogens (tertiary/aromatic N) is 2. The van der Waals surface area contributed by atoms with Gasteiger partial charge in [0.15, 0.2) is 5.84 Å². The Balaban J connectivity index is 1.99. The molecule has 0 unspecified atom stereocenters. The molecule has 2 aromatic carbocycles. The van der Waals surface area contributed by atoms with E-state index in [1.54, 1.807) is 26.1 Å². The van der Waals surface area contributed by atoms with Crippen LogP contribution in [0.3, 0.4) is 0 Å². The predicted molar refractivity (Wildman–Crippen MR) is 139 cm³/mol. The summed E-state index contributed by atoms with van der Waals surface area (Å²) in [4.78, 5) is 0. The average molecular weight is 536 g/mol. The first-order chi connectivity index (χ1) is 16.8. The Morgan fingerprint density at radius 3 is 2.39 bits per heavy atom. The standard InChI is InChI=1S/C24H29N3O7S2/c1-14-6-8-16(9-7-14)23-22(24(25-3)26-28)19-10-18-15(2)33-17(13-35(4,29)30)12-27(36(5,31)32)20(18)11-21(19)34-23/h6-11,15,17,28H,12-13H2,1-5H3,(H,25,26)/t15-,17-/m0/s1. The minimum atomic E-state index is -3.79. The van der Waals surface area contributed by atoms with Gasteiger partial charge in [0.05, 0.1) is 42.0 Å². The van der Waals surface area contributed by atoms with Crippen molar-refractivity contribution < 1.29 is 31.2 Å². The molecule has 2 atom stereocenters. The first-order valence-electron chi connectivity index (χ1n) is 11.2. The first kappa shape index (κ1) is 26.0. The molecule has 3 aromatic rings. The van der Waals surface area contributed by atoms with E-state index in [-0.39, 0.29) is 18.1 Å². The third kappa shape index (κ3) is 5.06. The number of aryl methyl sites for hydroxylation is 1. The van der Waals surface area contributed by atoms with Gasteiger partial charge in [-0.05, 0) is 19.9 Å². The maximum atomic E-state index is 12.8. The zero-order chi connectivity index (χ0) is 26.4. The topological polar surface area (TPSA) is 139 Å². The molecule has 0 radical (unpaired) electrons. The lowest BCUT2D eigenvalue weighted by atomic mass is 10.00. The highest BCUT2D eigenvalue weighted by atomic mass is 32.2. The lowest BCUT2D eigenvalue weighted by Gasteiger charge is -2.24. The molecule has 12 heteroatoms. The molecule has 1 aliphatic rings. The number of furan rings is 1. The van der Waals surface area contributed by atoms with Crippen LogP contribution < -0.4 is 9.62 Å². The maximum absolute atomic E-state index is 12.8. The van der Waals surface area contributed by atoms with Gasteiger partial charge in [-0.25, -0.2) is 16.8 Å².